The molecule has 0 unspecified atom stereocenters. The van der Waals surface area contributed by atoms with Gasteiger partial charge in [-0.15, -0.1) is 0 Å². The summed E-state index contributed by atoms with van der Waals surface area (Å²) in [6.07, 6.45) is 3.72. The van der Waals surface area contributed by atoms with E-state index >= 15 is 0 Å². The molecule has 13 heavy (non-hydrogen) atoms. The second-order valence-electron chi connectivity index (χ2n) is 2.68. The van der Waals surface area contributed by atoms with Gasteiger partial charge in [0.15, 0.2) is 0 Å². The molecular weight excluding hydrogens is 160 g/mol. The molecule has 0 amide bonds. The SMILES string of the molecule is CC/N=C/c1ccc(/C=N/C)cc1. The van der Waals surface area contributed by atoms with Crippen molar-refractivity contribution in [1.82, 2.24) is 0 Å². The molecule has 0 aliphatic rings. The first-order valence-corrected chi connectivity index (χ1v) is 4.39. The third kappa shape index (κ3) is 3.20. The van der Waals surface area contributed by atoms with E-state index < -0.39 is 0 Å². The largest absolute Gasteiger partial charge is 0.296 e. The summed E-state index contributed by atoms with van der Waals surface area (Å²) in [7, 11) is 1.77. The first kappa shape index (κ1) is 9.65. The van der Waals surface area contributed by atoms with E-state index in [4.69, 9.17) is 0 Å². The molecule has 0 aromatic heterocycles. The van der Waals surface area contributed by atoms with E-state index in [9.17, 15) is 0 Å². The number of aliphatic imine (C=N–C) groups is 2. The van der Waals surface area contributed by atoms with Crippen LogP contribution in [-0.4, -0.2) is 26.0 Å². The quantitative estimate of drug-likeness (QED) is 0.627. The molecule has 0 heterocycles. The van der Waals surface area contributed by atoms with E-state index in [1.54, 1.807) is 7.05 Å². The van der Waals surface area contributed by atoms with Crippen molar-refractivity contribution in [2.75, 3.05) is 13.6 Å². The van der Waals surface area contributed by atoms with Gasteiger partial charge in [-0.1, -0.05) is 24.3 Å². The van der Waals surface area contributed by atoms with E-state index in [0.717, 1.165) is 17.7 Å². The lowest BCUT2D eigenvalue weighted by Gasteiger charge is -1.93. The van der Waals surface area contributed by atoms with Crippen molar-refractivity contribution in [3.05, 3.63) is 35.4 Å². The van der Waals surface area contributed by atoms with Gasteiger partial charge in [-0.05, 0) is 18.1 Å². The lowest BCUT2D eigenvalue weighted by molar-refractivity contribution is 1.14. The van der Waals surface area contributed by atoms with Crippen LogP contribution in [0.2, 0.25) is 0 Å². The van der Waals surface area contributed by atoms with Gasteiger partial charge in [0.2, 0.25) is 0 Å². The average molecular weight is 174 g/mol. The smallest absolute Gasteiger partial charge is 0.0361 e. The number of nitrogens with zero attached hydrogens (tertiary/aromatic N) is 2. The summed E-state index contributed by atoms with van der Waals surface area (Å²) in [6, 6.07) is 8.14. The molecule has 0 N–H and O–H groups in total. The summed E-state index contributed by atoms with van der Waals surface area (Å²) in [6.45, 7) is 2.85. The maximum absolute atomic E-state index is 4.16. The molecule has 0 saturated heterocycles. The summed E-state index contributed by atoms with van der Waals surface area (Å²) in [5.41, 5.74) is 2.26. The number of hydrogen-bond acceptors (Lipinski definition) is 2. The van der Waals surface area contributed by atoms with Crippen LogP contribution in [0.4, 0.5) is 0 Å². The van der Waals surface area contributed by atoms with Gasteiger partial charge in [-0.2, -0.15) is 0 Å². The Labute approximate surface area is 79.0 Å². The Kier molecular flexibility index (Phi) is 3.89. The second kappa shape index (κ2) is 5.25. The molecule has 0 atom stereocenters. The van der Waals surface area contributed by atoms with Crippen LogP contribution in [0.3, 0.4) is 0 Å². The van der Waals surface area contributed by atoms with Crippen molar-refractivity contribution >= 4 is 12.4 Å². The Morgan fingerprint density at radius 2 is 1.62 bits per heavy atom. The fraction of sp³-hybridized carbons (Fsp3) is 0.273. The lowest BCUT2D eigenvalue weighted by Crippen LogP contribution is -1.84. The third-order valence-electron chi connectivity index (χ3n) is 1.64. The summed E-state index contributed by atoms with van der Waals surface area (Å²) in [5.74, 6) is 0. The first-order chi connectivity index (χ1) is 6.36. The van der Waals surface area contributed by atoms with Crippen LogP contribution in [-0.2, 0) is 0 Å². The van der Waals surface area contributed by atoms with Crippen LogP contribution >= 0.6 is 0 Å². The molecule has 1 rings (SSSR count). The van der Waals surface area contributed by atoms with Gasteiger partial charge >= 0.3 is 0 Å². The van der Waals surface area contributed by atoms with E-state index in [1.165, 1.54) is 0 Å². The Morgan fingerprint density at radius 3 is 2.08 bits per heavy atom. The summed E-state index contributed by atoms with van der Waals surface area (Å²) in [5, 5.41) is 0. The predicted molar refractivity (Wildman–Crippen MR) is 58.1 cm³/mol. The molecule has 2 nitrogen and oxygen atoms in total. The van der Waals surface area contributed by atoms with E-state index in [-0.39, 0.29) is 0 Å². The molecule has 0 aliphatic heterocycles. The highest BCUT2D eigenvalue weighted by atomic mass is 14.7. The summed E-state index contributed by atoms with van der Waals surface area (Å²) >= 11 is 0. The van der Waals surface area contributed by atoms with Gasteiger partial charge in [0.05, 0.1) is 0 Å². The monoisotopic (exact) mass is 174 g/mol. The average Bonchev–Trinajstić information content (AvgIpc) is 2.17. The van der Waals surface area contributed by atoms with Crippen molar-refractivity contribution < 1.29 is 0 Å². The van der Waals surface area contributed by atoms with Crippen molar-refractivity contribution in [3.63, 3.8) is 0 Å². The Hall–Kier alpha value is -1.44. The van der Waals surface area contributed by atoms with Crippen LogP contribution < -0.4 is 0 Å². The minimum atomic E-state index is 0.832. The highest BCUT2D eigenvalue weighted by Gasteiger charge is 1.87. The molecule has 0 fully saturated rings. The van der Waals surface area contributed by atoms with E-state index in [0.29, 0.717) is 0 Å². The van der Waals surface area contributed by atoms with Crippen LogP contribution in [0.1, 0.15) is 18.1 Å². The van der Waals surface area contributed by atoms with Crippen LogP contribution in [0.15, 0.2) is 34.3 Å². The minimum absolute atomic E-state index is 0.832. The molecule has 1 aromatic carbocycles. The van der Waals surface area contributed by atoms with Crippen molar-refractivity contribution in [2.45, 2.75) is 6.92 Å². The Balaban J connectivity index is 2.75. The van der Waals surface area contributed by atoms with E-state index in [1.807, 2.05) is 43.6 Å². The molecule has 0 spiro atoms. The Bertz CT molecular complexity index is 296. The topological polar surface area (TPSA) is 24.7 Å². The number of hydrogen-bond donors (Lipinski definition) is 0. The zero-order valence-electron chi connectivity index (χ0n) is 8.07. The predicted octanol–water partition coefficient (Wildman–Crippen LogP) is 2.17. The Morgan fingerprint density at radius 1 is 1.08 bits per heavy atom. The standard InChI is InChI=1S/C11H14N2/c1-3-13-9-11-6-4-10(5-7-11)8-12-2/h4-9H,3H2,1-2H3/b12-8+,13-9+. The fourth-order valence-corrected chi connectivity index (χ4v) is 1.01. The number of benzene rings is 1. The van der Waals surface area contributed by atoms with Crippen molar-refractivity contribution in [2.24, 2.45) is 9.98 Å². The zero-order chi connectivity index (χ0) is 9.52. The van der Waals surface area contributed by atoms with Gasteiger partial charge < -0.3 is 0 Å². The summed E-state index contributed by atoms with van der Waals surface area (Å²) < 4.78 is 0. The highest BCUT2D eigenvalue weighted by Crippen LogP contribution is 1.99. The van der Waals surface area contributed by atoms with E-state index in [2.05, 4.69) is 9.98 Å². The molecule has 0 bridgehead atoms. The maximum Gasteiger partial charge on any atom is 0.0361 e. The molecule has 68 valence electrons. The molecule has 0 aliphatic carbocycles. The molecule has 0 saturated carbocycles. The molecule has 0 radical (unpaired) electrons. The summed E-state index contributed by atoms with van der Waals surface area (Å²) in [4.78, 5) is 8.10. The van der Waals surface area contributed by atoms with Gasteiger partial charge in [0.1, 0.15) is 0 Å². The minimum Gasteiger partial charge on any atom is -0.296 e. The lowest BCUT2D eigenvalue weighted by atomic mass is 10.2. The maximum atomic E-state index is 4.16. The zero-order valence-corrected chi connectivity index (χ0v) is 8.07. The van der Waals surface area contributed by atoms with Gasteiger partial charge in [0.25, 0.3) is 0 Å². The first-order valence-electron chi connectivity index (χ1n) is 4.39. The van der Waals surface area contributed by atoms with Crippen LogP contribution in [0.5, 0.6) is 0 Å². The van der Waals surface area contributed by atoms with Gasteiger partial charge in [0, 0.05) is 26.0 Å². The second-order valence-corrected chi connectivity index (χ2v) is 2.68. The van der Waals surface area contributed by atoms with Crippen LogP contribution in [0, 0.1) is 0 Å². The fourth-order valence-electron chi connectivity index (χ4n) is 1.01. The molecule has 2 heteroatoms. The number of rotatable bonds is 3. The van der Waals surface area contributed by atoms with Crippen LogP contribution in [0.25, 0.3) is 0 Å². The third-order valence-corrected chi connectivity index (χ3v) is 1.64. The highest BCUT2D eigenvalue weighted by molar-refractivity contribution is 5.83. The molecular formula is C11H14N2. The van der Waals surface area contributed by atoms with Crippen molar-refractivity contribution in [1.29, 1.82) is 0 Å². The van der Waals surface area contributed by atoms with Gasteiger partial charge in [-0.25, -0.2) is 0 Å². The normalized spacial score (nSPS) is 11.5. The molecule has 1 aromatic rings. The van der Waals surface area contributed by atoms with Gasteiger partial charge in [-0.3, -0.25) is 9.98 Å². The van der Waals surface area contributed by atoms with Crippen molar-refractivity contribution in [3.8, 4) is 0 Å².